The van der Waals surface area contributed by atoms with E-state index in [-0.39, 0.29) is 6.04 Å². The van der Waals surface area contributed by atoms with E-state index in [0.29, 0.717) is 6.61 Å². The van der Waals surface area contributed by atoms with Crippen LogP contribution in [-0.2, 0) is 6.54 Å². The molecule has 0 spiro atoms. The van der Waals surface area contributed by atoms with Gasteiger partial charge in [-0.1, -0.05) is 30.8 Å². The maximum absolute atomic E-state index is 5.84. The zero-order valence-corrected chi connectivity index (χ0v) is 13.6. The maximum Gasteiger partial charge on any atom is 0.124 e. The van der Waals surface area contributed by atoms with E-state index in [1.165, 1.54) is 5.56 Å². The first-order valence-electron chi connectivity index (χ1n) is 7.54. The predicted octanol–water partition coefficient (Wildman–Crippen LogP) is 4.23. The normalized spacial score (nSPS) is 12.2. The fourth-order valence-corrected chi connectivity index (χ4v) is 2.23. The smallest absolute Gasteiger partial charge is 0.124 e. The van der Waals surface area contributed by atoms with Crippen LogP contribution < -0.4 is 4.74 Å². The van der Waals surface area contributed by atoms with Gasteiger partial charge < -0.3 is 4.74 Å². The average molecular weight is 296 g/mol. The van der Waals surface area contributed by atoms with Gasteiger partial charge in [0.1, 0.15) is 12.4 Å². The van der Waals surface area contributed by atoms with Gasteiger partial charge >= 0.3 is 0 Å². The fraction of sp³-hybridized carbons (Fsp3) is 0.316. The molecule has 0 aliphatic rings. The number of nitrogens with zero attached hydrogens (tertiary/aromatic N) is 2. The molecule has 22 heavy (non-hydrogen) atoms. The van der Waals surface area contributed by atoms with Gasteiger partial charge in [0, 0.05) is 24.3 Å². The van der Waals surface area contributed by atoms with E-state index in [4.69, 9.17) is 4.74 Å². The Labute approximate surface area is 133 Å². The fourth-order valence-electron chi connectivity index (χ4n) is 2.23. The molecule has 1 aromatic carbocycles. The van der Waals surface area contributed by atoms with Crippen LogP contribution in [0.4, 0.5) is 0 Å². The minimum absolute atomic E-state index is 0.246. The minimum atomic E-state index is 0.246. The summed E-state index contributed by atoms with van der Waals surface area (Å²) in [5, 5.41) is 0. The Morgan fingerprint density at radius 3 is 2.64 bits per heavy atom. The van der Waals surface area contributed by atoms with Crippen molar-refractivity contribution in [3.63, 3.8) is 0 Å². The molecule has 0 bridgehead atoms. The Morgan fingerprint density at radius 2 is 1.95 bits per heavy atom. The first-order valence-corrected chi connectivity index (χ1v) is 7.54. The number of hydrogen-bond donors (Lipinski definition) is 0. The Hall–Kier alpha value is -2.13. The summed E-state index contributed by atoms with van der Waals surface area (Å²) in [7, 11) is 2.11. The molecule has 1 heterocycles. The van der Waals surface area contributed by atoms with Gasteiger partial charge in [0.25, 0.3) is 0 Å². The molecule has 0 saturated carbocycles. The molecule has 0 unspecified atom stereocenters. The molecule has 0 fully saturated rings. The Morgan fingerprint density at radius 1 is 1.23 bits per heavy atom. The van der Waals surface area contributed by atoms with Crippen LogP contribution >= 0.6 is 0 Å². The first-order chi connectivity index (χ1) is 10.6. The summed E-state index contributed by atoms with van der Waals surface area (Å²) in [6.45, 7) is 9.38. The Bertz CT molecular complexity index is 610. The van der Waals surface area contributed by atoms with E-state index in [1.54, 1.807) is 0 Å². The molecule has 116 valence electrons. The molecule has 0 amide bonds. The number of pyridine rings is 1. The highest BCUT2D eigenvalue weighted by Gasteiger charge is 2.14. The second-order valence-corrected chi connectivity index (χ2v) is 5.70. The number of aromatic nitrogens is 1. The van der Waals surface area contributed by atoms with Crippen molar-refractivity contribution in [3.8, 4) is 5.75 Å². The summed E-state index contributed by atoms with van der Waals surface area (Å²) in [5.41, 5.74) is 3.27. The van der Waals surface area contributed by atoms with Crippen molar-refractivity contribution in [2.75, 3.05) is 13.7 Å². The van der Waals surface area contributed by atoms with Crippen molar-refractivity contribution in [2.45, 2.75) is 26.4 Å². The zero-order chi connectivity index (χ0) is 15.9. The topological polar surface area (TPSA) is 25.4 Å². The van der Waals surface area contributed by atoms with Crippen molar-refractivity contribution in [3.05, 3.63) is 72.1 Å². The van der Waals surface area contributed by atoms with Crippen LogP contribution in [0, 0.1) is 0 Å². The zero-order valence-electron chi connectivity index (χ0n) is 13.6. The third kappa shape index (κ3) is 4.43. The van der Waals surface area contributed by atoms with E-state index >= 15 is 0 Å². The number of benzene rings is 1. The molecule has 0 saturated heterocycles. The molecule has 0 aliphatic heterocycles. The van der Waals surface area contributed by atoms with Crippen LogP contribution in [-0.4, -0.2) is 23.5 Å². The van der Waals surface area contributed by atoms with E-state index in [2.05, 4.69) is 42.6 Å². The van der Waals surface area contributed by atoms with Gasteiger partial charge in [0.2, 0.25) is 0 Å². The predicted molar refractivity (Wildman–Crippen MR) is 90.9 cm³/mol. The van der Waals surface area contributed by atoms with Crippen LogP contribution in [0.15, 0.2) is 60.8 Å². The van der Waals surface area contributed by atoms with E-state index < -0.39 is 0 Å². The summed E-state index contributed by atoms with van der Waals surface area (Å²) in [5.74, 6) is 0.922. The minimum Gasteiger partial charge on any atom is -0.489 e. The van der Waals surface area contributed by atoms with E-state index in [1.807, 2.05) is 43.5 Å². The monoisotopic (exact) mass is 296 g/mol. The maximum atomic E-state index is 5.84. The highest BCUT2D eigenvalue weighted by molar-refractivity contribution is 5.33. The molecule has 3 nitrogen and oxygen atoms in total. The summed E-state index contributed by atoms with van der Waals surface area (Å²) in [4.78, 5) is 6.71. The van der Waals surface area contributed by atoms with Crippen LogP contribution in [0.25, 0.3) is 0 Å². The van der Waals surface area contributed by atoms with Gasteiger partial charge in [-0.25, -0.2) is 0 Å². The highest BCUT2D eigenvalue weighted by atomic mass is 16.5. The number of rotatable bonds is 7. The summed E-state index contributed by atoms with van der Waals surface area (Å²) >= 11 is 0. The molecule has 2 rings (SSSR count). The van der Waals surface area contributed by atoms with Gasteiger partial charge in [-0.3, -0.25) is 9.88 Å². The van der Waals surface area contributed by atoms with Gasteiger partial charge in [-0.15, -0.1) is 0 Å². The molecular formula is C19H24N2O. The molecular weight excluding hydrogens is 272 g/mol. The van der Waals surface area contributed by atoms with Crippen LogP contribution in [0.3, 0.4) is 0 Å². The van der Waals surface area contributed by atoms with Crippen LogP contribution in [0.1, 0.15) is 31.1 Å². The lowest BCUT2D eigenvalue weighted by atomic mass is 10.1. The first kappa shape index (κ1) is 16.2. The SMILES string of the molecule is C=C(C)COc1ccccc1CN(C)[C@@H](C)c1ccccn1. The quantitative estimate of drug-likeness (QED) is 0.715. The van der Waals surface area contributed by atoms with Gasteiger partial charge in [0.05, 0.1) is 5.69 Å². The van der Waals surface area contributed by atoms with Gasteiger partial charge in [0.15, 0.2) is 0 Å². The number of hydrogen-bond acceptors (Lipinski definition) is 3. The largest absolute Gasteiger partial charge is 0.489 e. The Kier molecular flexibility index (Phi) is 5.73. The van der Waals surface area contributed by atoms with E-state index in [0.717, 1.165) is 23.6 Å². The van der Waals surface area contributed by atoms with Crippen molar-refractivity contribution >= 4 is 0 Å². The summed E-state index contributed by atoms with van der Waals surface area (Å²) < 4.78 is 5.84. The van der Waals surface area contributed by atoms with Crippen molar-refractivity contribution < 1.29 is 4.74 Å². The lowest BCUT2D eigenvalue weighted by molar-refractivity contribution is 0.243. The average Bonchev–Trinajstić information content (AvgIpc) is 2.54. The number of ether oxygens (including phenoxy) is 1. The third-order valence-corrected chi connectivity index (χ3v) is 3.64. The molecule has 2 aromatic rings. The highest BCUT2D eigenvalue weighted by Crippen LogP contribution is 2.24. The van der Waals surface area contributed by atoms with E-state index in [9.17, 15) is 0 Å². The lowest BCUT2D eigenvalue weighted by Gasteiger charge is -2.25. The Balaban J connectivity index is 2.08. The second kappa shape index (κ2) is 7.76. The summed E-state index contributed by atoms with van der Waals surface area (Å²) in [6.07, 6.45) is 1.84. The van der Waals surface area contributed by atoms with Crippen molar-refractivity contribution in [1.29, 1.82) is 0 Å². The number of para-hydroxylation sites is 1. The molecule has 0 radical (unpaired) electrons. The lowest BCUT2D eigenvalue weighted by Crippen LogP contribution is -2.23. The van der Waals surface area contributed by atoms with Gasteiger partial charge in [-0.05, 0) is 44.7 Å². The second-order valence-electron chi connectivity index (χ2n) is 5.70. The standard InChI is InChI=1S/C19H24N2O/c1-15(2)14-22-19-11-6-5-9-17(19)13-21(4)16(3)18-10-7-8-12-20-18/h5-12,16H,1,13-14H2,2-4H3/t16-/m0/s1. The van der Waals surface area contributed by atoms with Crippen molar-refractivity contribution in [1.82, 2.24) is 9.88 Å². The van der Waals surface area contributed by atoms with Crippen LogP contribution in [0.2, 0.25) is 0 Å². The van der Waals surface area contributed by atoms with Crippen LogP contribution in [0.5, 0.6) is 5.75 Å². The third-order valence-electron chi connectivity index (χ3n) is 3.64. The molecule has 0 N–H and O–H groups in total. The molecule has 3 heteroatoms. The summed E-state index contributed by atoms with van der Waals surface area (Å²) in [6, 6.07) is 14.4. The van der Waals surface area contributed by atoms with Crippen molar-refractivity contribution in [2.24, 2.45) is 0 Å². The van der Waals surface area contributed by atoms with Gasteiger partial charge in [-0.2, -0.15) is 0 Å². The molecule has 1 aromatic heterocycles. The molecule has 1 atom stereocenters. The molecule has 0 aliphatic carbocycles.